The number of aryl methyl sites for hydroxylation is 1. The number of phenolic OH excluding ortho intramolecular Hbond substituents is 1. The van der Waals surface area contributed by atoms with Crippen molar-refractivity contribution in [3.05, 3.63) is 29.3 Å². The zero-order valence-corrected chi connectivity index (χ0v) is 14.4. The average molecular weight is 370 g/mol. The fourth-order valence-electron chi connectivity index (χ4n) is 3.62. The van der Waals surface area contributed by atoms with Crippen molar-refractivity contribution in [1.82, 2.24) is 5.01 Å². The van der Waals surface area contributed by atoms with E-state index in [1.54, 1.807) is 0 Å². The summed E-state index contributed by atoms with van der Waals surface area (Å²) in [7, 11) is 0. The second-order valence-corrected chi connectivity index (χ2v) is 7.01. The maximum Gasteiger partial charge on any atom is 0.438 e. The molecule has 1 heterocycles. The summed E-state index contributed by atoms with van der Waals surface area (Å²) < 4.78 is 40.8. The number of rotatable bonds is 2. The Morgan fingerprint density at radius 2 is 1.92 bits per heavy atom. The van der Waals surface area contributed by atoms with Crippen LogP contribution in [0, 0.1) is 12.8 Å². The molecule has 5 nitrogen and oxygen atoms in total. The lowest BCUT2D eigenvalue weighted by molar-refractivity contribution is -0.297. The highest BCUT2D eigenvalue weighted by atomic mass is 19.4. The normalized spacial score (nSPS) is 24.7. The second kappa shape index (κ2) is 6.57. The number of hydrazone groups is 1. The van der Waals surface area contributed by atoms with E-state index in [0.29, 0.717) is 18.4 Å². The summed E-state index contributed by atoms with van der Waals surface area (Å²) in [5.41, 5.74) is -3.17. The second-order valence-electron chi connectivity index (χ2n) is 7.01. The van der Waals surface area contributed by atoms with Crippen molar-refractivity contribution in [2.24, 2.45) is 11.0 Å². The quantitative estimate of drug-likeness (QED) is 0.833. The van der Waals surface area contributed by atoms with E-state index in [1.165, 1.54) is 25.1 Å². The van der Waals surface area contributed by atoms with Crippen LogP contribution in [0.4, 0.5) is 13.2 Å². The number of amides is 1. The van der Waals surface area contributed by atoms with Gasteiger partial charge in [0.25, 0.3) is 11.6 Å². The molecule has 26 heavy (non-hydrogen) atoms. The highest BCUT2D eigenvalue weighted by Crippen LogP contribution is 2.44. The lowest BCUT2D eigenvalue weighted by atomic mass is 9.83. The Labute approximate surface area is 149 Å². The molecule has 1 unspecified atom stereocenters. The number of carbonyl (C=O) groups excluding carboxylic acids is 1. The van der Waals surface area contributed by atoms with Crippen LogP contribution in [0.1, 0.15) is 54.4 Å². The molecule has 1 amide bonds. The summed E-state index contributed by atoms with van der Waals surface area (Å²) in [6.45, 7) is 1.53. The average Bonchev–Trinajstić information content (AvgIpc) is 2.96. The van der Waals surface area contributed by atoms with Crippen LogP contribution in [0.15, 0.2) is 23.3 Å². The topological polar surface area (TPSA) is 73.1 Å². The third kappa shape index (κ3) is 3.06. The number of benzene rings is 1. The molecule has 2 N–H and O–H groups in total. The van der Waals surface area contributed by atoms with E-state index in [2.05, 4.69) is 5.10 Å². The molecule has 0 aromatic heterocycles. The largest absolute Gasteiger partial charge is 0.507 e. The number of halogens is 3. The van der Waals surface area contributed by atoms with Crippen molar-refractivity contribution >= 4 is 11.6 Å². The smallest absolute Gasteiger partial charge is 0.438 e. The van der Waals surface area contributed by atoms with Crippen LogP contribution < -0.4 is 0 Å². The van der Waals surface area contributed by atoms with Crippen molar-refractivity contribution in [2.75, 3.05) is 0 Å². The van der Waals surface area contributed by atoms with Gasteiger partial charge in [0.1, 0.15) is 5.75 Å². The fraction of sp³-hybridized carbons (Fsp3) is 0.556. The molecule has 3 rings (SSSR count). The van der Waals surface area contributed by atoms with Gasteiger partial charge in [0, 0.05) is 12.1 Å². The van der Waals surface area contributed by atoms with Gasteiger partial charge < -0.3 is 10.2 Å². The molecule has 1 aliphatic heterocycles. The number of aromatic hydroxyl groups is 1. The molecule has 2 aliphatic rings. The van der Waals surface area contributed by atoms with Gasteiger partial charge >= 0.3 is 6.18 Å². The number of carbonyl (C=O) groups is 1. The van der Waals surface area contributed by atoms with Crippen LogP contribution in [-0.2, 0) is 0 Å². The van der Waals surface area contributed by atoms with Gasteiger partial charge in [0.2, 0.25) is 0 Å². The molecule has 8 heteroatoms. The zero-order chi connectivity index (χ0) is 19.1. The van der Waals surface area contributed by atoms with Crippen molar-refractivity contribution in [2.45, 2.75) is 57.3 Å². The molecule has 142 valence electrons. The van der Waals surface area contributed by atoms with Gasteiger partial charge in [-0.05, 0) is 37.3 Å². The maximum absolute atomic E-state index is 13.6. The molecular weight excluding hydrogens is 349 g/mol. The van der Waals surface area contributed by atoms with Gasteiger partial charge in [-0.3, -0.25) is 4.79 Å². The molecule has 1 saturated carbocycles. The minimum Gasteiger partial charge on any atom is -0.507 e. The molecular formula is C18H21F3N2O3. The highest BCUT2D eigenvalue weighted by Gasteiger charge is 2.63. The van der Waals surface area contributed by atoms with Crippen LogP contribution in [0.25, 0.3) is 0 Å². The van der Waals surface area contributed by atoms with Crippen LogP contribution in [0.3, 0.4) is 0 Å². The molecule has 1 aromatic rings. The molecule has 0 spiro atoms. The summed E-state index contributed by atoms with van der Waals surface area (Å²) in [4.78, 5) is 12.7. The lowest BCUT2D eigenvalue weighted by Gasteiger charge is -2.33. The van der Waals surface area contributed by atoms with Gasteiger partial charge in [0.15, 0.2) is 0 Å². The van der Waals surface area contributed by atoms with Crippen molar-refractivity contribution < 1.29 is 28.2 Å². The monoisotopic (exact) mass is 370 g/mol. The Kier molecular flexibility index (Phi) is 4.72. The van der Waals surface area contributed by atoms with Gasteiger partial charge in [-0.2, -0.15) is 23.3 Å². The van der Waals surface area contributed by atoms with E-state index in [0.717, 1.165) is 19.3 Å². The van der Waals surface area contributed by atoms with Gasteiger partial charge in [0.05, 0.1) is 5.56 Å². The predicted octanol–water partition coefficient (Wildman–Crippen LogP) is 3.73. The number of alkyl halides is 3. The van der Waals surface area contributed by atoms with Crippen LogP contribution >= 0.6 is 0 Å². The molecule has 1 aromatic carbocycles. The van der Waals surface area contributed by atoms with Gasteiger partial charge in [-0.1, -0.05) is 31.4 Å². The molecule has 0 bridgehead atoms. The number of hydrogen-bond donors (Lipinski definition) is 2. The van der Waals surface area contributed by atoms with Gasteiger partial charge in [-0.25, -0.2) is 0 Å². The Bertz CT molecular complexity index is 742. The van der Waals surface area contributed by atoms with Crippen LogP contribution in [0.5, 0.6) is 5.75 Å². The number of nitrogens with zero attached hydrogens (tertiary/aromatic N) is 2. The first-order chi connectivity index (χ1) is 12.1. The van der Waals surface area contributed by atoms with Crippen LogP contribution in [-0.4, -0.2) is 38.7 Å². The predicted molar refractivity (Wildman–Crippen MR) is 88.6 cm³/mol. The minimum atomic E-state index is -5.07. The molecule has 0 saturated heterocycles. The summed E-state index contributed by atoms with van der Waals surface area (Å²) in [5.74, 6) is -1.75. The number of aliphatic hydroxyl groups is 1. The summed E-state index contributed by atoms with van der Waals surface area (Å²) in [6.07, 6.45) is -1.62. The molecule has 1 aliphatic carbocycles. The van der Waals surface area contributed by atoms with E-state index in [1.807, 2.05) is 0 Å². The summed E-state index contributed by atoms with van der Waals surface area (Å²) in [6, 6.07) is 4.20. The van der Waals surface area contributed by atoms with E-state index >= 15 is 0 Å². The van der Waals surface area contributed by atoms with Crippen molar-refractivity contribution in [1.29, 1.82) is 0 Å². The Morgan fingerprint density at radius 1 is 1.27 bits per heavy atom. The maximum atomic E-state index is 13.6. The third-order valence-electron chi connectivity index (χ3n) is 5.20. The number of phenols is 1. The van der Waals surface area contributed by atoms with Crippen molar-refractivity contribution in [3.8, 4) is 5.75 Å². The van der Waals surface area contributed by atoms with Crippen LogP contribution in [0.2, 0.25) is 0 Å². The van der Waals surface area contributed by atoms with Gasteiger partial charge in [-0.15, -0.1) is 0 Å². The fourth-order valence-corrected chi connectivity index (χ4v) is 3.62. The highest BCUT2D eigenvalue weighted by molar-refractivity contribution is 6.00. The molecule has 1 atom stereocenters. The molecule has 1 fully saturated rings. The Balaban J connectivity index is 2.00. The lowest BCUT2D eigenvalue weighted by Crippen LogP contribution is -2.56. The molecule has 0 radical (unpaired) electrons. The Morgan fingerprint density at radius 3 is 2.54 bits per heavy atom. The SMILES string of the molecule is Cc1cccc(C(=O)N2N=C(C3CCCCC3)CC2(O)C(F)(F)F)c1O. The van der Waals surface area contributed by atoms with E-state index < -0.39 is 30.0 Å². The summed E-state index contributed by atoms with van der Waals surface area (Å²) in [5, 5.41) is 24.4. The first-order valence-electron chi connectivity index (χ1n) is 8.65. The summed E-state index contributed by atoms with van der Waals surface area (Å²) >= 11 is 0. The van der Waals surface area contributed by atoms with E-state index in [4.69, 9.17) is 0 Å². The zero-order valence-electron chi connectivity index (χ0n) is 14.4. The first-order valence-corrected chi connectivity index (χ1v) is 8.65. The first kappa shape index (κ1) is 18.7. The van der Waals surface area contributed by atoms with E-state index in [-0.39, 0.29) is 22.2 Å². The Hall–Kier alpha value is -2.09. The van der Waals surface area contributed by atoms with E-state index in [9.17, 15) is 28.2 Å². The minimum absolute atomic E-state index is 0.103. The number of hydrogen-bond acceptors (Lipinski definition) is 4. The third-order valence-corrected chi connectivity index (χ3v) is 5.20. The van der Waals surface area contributed by atoms with Crippen molar-refractivity contribution in [3.63, 3.8) is 0 Å². The standard InChI is InChI=1S/C18H21F3N2O3/c1-11-6-5-9-13(15(11)24)16(25)23-17(26,18(19,20)21)10-14(22-23)12-7-3-2-4-8-12/h5-6,9,12,24,26H,2-4,7-8,10H2,1H3. The number of para-hydroxylation sites is 1.